The second-order valence-electron chi connectivity index (χ2n) is 6.66. The summed E-state index contributed by atoms with van der Waals surface area (Å²) in [6.45, 7) is 6.71. The molecule has 1 aliphatic carbocycles. The van der Waals surface area contributed by atoms with Gasteiger partial charge in [-0.2, -0.15) is 0 Å². The quantitative estimate of drug-likeness (QED) is 0.803. The Labute approximate surface area is 125 Å². The molecule has 0 spiro atoms. The number of aliphatic imine (C=N–C) groups is 1. The van der Waals surface area contributed by atoms with Gasteiger partial charge in [0.1, 0.15) is 5.60 Å². The third kappa shape index (κ3) is 2.13. The first-order valence-electron chi connectivity index (χ1n) is 7.27. The van der Waals surface area contributed by atoms with Crippen LogP contribution in [0.15, 0.2) is 35.3 Å². The van der Waals surface area contributed by atoms with E-state index in [-0.39, 0.29) is 23.4 Å². The first kappa shape index (κ1) is 14.1. The van der Waals surface area contributed by atoms with Crippen LogP contribution in [0.1, 0.15) is 32.3 Å². The summed E-state index contributed by atoms with van der Waals surface area (Å²) in [5.74, 6) is 0.343. The summed E-state index contributed by atoms with van der Waals surface area (Å²) in [5, 5.41) is 0. The molecule has 0 radical (unpaired) electrons. The number of ether oxygens (including phenoxy) is 2. The number of rotatable bonds is 3. The molecule has 3 rings (SSSR count). The average Bonchev–Trinajstić information content (AvgIpc) is 2.94. The average molecular weight is 287 g/mol. The van der Waals surface area contributed by atoms with Crippen molar-refractivity contribution in [3.63, 3.8) is 0 Å². The summed E-state index contributed by atoms with van der Waals surface area (Å²) >= 11 is 0. The monoisotopic (exact) mass is 287 g/mol. The molecule has 0 unspecified atom stereocenters. The Kier molecular flexibility index (Phi) is 3.08. The van der Waals surface area contributed by atoms with Crippen LogP contribution in [0, 0.1) is 11.3 Å². The Morgan fingerprint density at radius 2 is 1.95 bits per heavy atom. The molecule has 21 heavy (non-hydrogen) atoms. The van der Waals surface area contributed by atoms with Crippen LogP contribution in [-0.2, 0) is 14.3 Å². The highest BCUT2D eigenvalue weighted by Crippen LogP contribution is 2.66. The highest BCUT2D eigenvalue weighted by molar-refractivity contribution is 5.97. The minimum absolute atomic E-state index is 0.0683. The van der Waals surface area contributed by atoms with E-state index in [0.29, 0.717) is 12.4 Å². The Balaban J connectivity index is 1.94. The van der Waals surface area contributed by atoms with E-state index in [0.717, 1.165) is 5.56 Å². The van der Waals surface area contributed by atoms with Crippen LogP contribution in [0.25, 0.3) is 0 Å². The van der Waals surface area contributed by atoms with Crippen LogP contribution in [0.2, 0.25) is 0 Å². The lowest BCUT2D eigenvalue weighted by atomic mass is 10.0. The molecule has 4 heteroatoms. The molecule has 3 atom stereocenters. The predicted molar refractivity (Wildman–Crippen MR) is 80.3 cm³/mol. The fourth-order valence-electron chi connectivity index (χ4n) is 3.35. The number of hydrogen-bond donors (Lipinski definition) is 0. The number of benzene rings is 1. The van der Waals surface area contributed by atoms with Crippen molar-refractivity contribution in [3.05, 3.63) is 35.9 Å². The number of nitrogens with zero attached hydrogens (tertiary/aromatic N) is 1. The highest BCUT2D eigenvalue weighted by Gasteiger charge is 2.71. The maximum atomic E-state index is 12.2. The summed E-state index contributed by atoms with van der Waals surface area (Å²) in [6.07, 6.45) is 0. The summed E-state index contributed by atoms with van der Waals surface area (Å²) < 4.78 is 11.0. The fraction of sp³-hybridized carbons (Fsp3) is 0.529. The third-order valence-electron chi connectivity index (χ3n) is 4.57. The van der Waals surface area contributed by atoms with E-state index >= 15 is 0 Å². The Bertz CT molecular complexity index is 593. The molecular formula is C17H21NO3. The number of esters is 1. The summed E-state index contributed by atoms with van der Waals surface area (Å²) in [4.78, 5) is 16.7. The van der Waals surface area contributed by atoms with E-state index in [4.69, 9.17) is 9.47 Å². The molecule has 112 valence electrons. The molecule has 1 fully saturated rings. The van der Waals surface area contributed by atoms with Crippen molar-refractivity contribution in [2.24, 2.45) is 16.3 Å². The number of carbonyl (C=O) groups excluding carboxylic acids is 1. The normalized spacial score (nSPS) is 33.0. The van der Waals surface area contributed by atoms with Gasteiger partial charge in [0.15, 0.2) is 5.90 Å². The van der Waals surface area contributed by atoms with Crippen molar-refractivity contribution in [1.29, 1.82) is 0 Å². The van der Waals surface area contributed by atoms with Crippen molar-refractivity contribution < 1.29 is 14.3 Å². The Morgan fingerprint density at radius 1 is 1.29 bits per heavy atom. The van der Waals surface area contributed by atoms with E-state index < -0.39 is 5.41 Å². The van der Waals surface area contributed by atoms with E-state index in [1.165, 1.54) is 7.11 Å². The molecule has 0 bridgehead atoms. The van der Waals surface area contributed by atoms with E-state index in [1.54, 1.807) is 0 Å². The van der Waals surface area contributed by atoms with Gasteiger partial charge in [0.2, 0.25) is 0 Å². The minimum Gasteiger partial charge on any atom is -0.473 e. The summed E-state index contributed by atoms with van der Waals surface area (Å²) in [5.41, 5.74) is 0.442. The van der Waals surface area contributed by atoms with Gasteiger partial charge in [0, 0.05) is 5.92 Å². The van der Waals surface area contributed by atoms with Gasteiger partial charge < -0.3 is 9.47 Å². The summed E-state index contributed by atoms with van der Waals surface area (Å²) in [7, 11) is 1.43. The Morgan fingerprint density at radius 3 is 2.48 bits per heavy atom. The van der Waals surface area contributed by atoms with E-state index in [9.17, 15) is 4.79 Å². The number of hydrogen-bond acceptors (Lipinski definition) is 4. The van der Waals surface area contributed by atoms with Gasteiger partial charge in [-0.05, 0) is 26.3 Å². The van der Waals surface area contributed by atoms with Crippen molar-refractivity contribution in [2.45, 2.75) is 32.3 Å². The van der Waals surface area contributed by atoms with Crippen LogP contribution in [0.4, 0.5) is 0 Å². The maximum absolute atomic E-state index is 12.2. The number of methoxy groups -OCH3 is 1. The highest BCUT2D eigenvalue weighted by atomic mass is 16.5. The standard InChI is InChI=1S/C17H21NO3/c1-16(2)10-18-15(21-16)17(3)12(13(17)14(19)20-4)11-8-6-5-7-9-11/h5-9,12-13H,10H2,1-4H3/t12-,13+,17-/m1/s1. The van der Waals surface area contributed by atoms with Crippen molar-refractivity contribution >= 4 is 11.9 Å². The molecule has 0 N–H and O–H groups in total. The molecule has 4 nitrogen and oxygen atoms in total. The van der Waals surface area contributed by atoms with Gasteiger partial charge in [-0.15, -0.1) is 0 Å². The van der Waals surface area contributed by atoms with Crippen LogP contribution in [0.5, 0.6) is 0 Å². The van der Waals surface area contributed by atoms with Crippen LogP contribution in [0.3, 0.4) is 0 Å². The van der Waals surface area contributed by atoms with E-state index in [2.05, 4.69) is 4.99 Å². The van der Waals surface area contributed by atoms with Gasteiger partial charge in [-0.25, -0.2) is 0 Å². The van der Waals surface area contributed by atoms with Gasteiger partial charge in [0.25, 0.3) is 0 Å². The minimum atomic E-state index is -0.401. The maximum Gasteiger partial charge on any atom is 0.310 e. The van der Waals surface area contributed by atoms with Crippen molar-refractivity contribution in [2.75, 3.05) is 13.7 Å². The van der Waals surface area contributed by atoms with Gasteiger partial charge in [-0.1, -0.05) is 30.3 Å². The van der Waals surface area contributed by atoms with E-state index in [1.807, 2.05) is 51.1 Å². The zero-order valence-corrected chi connectivity index (χ0v) is 12.9. The first-order valence-corrected chi connectivity index (χ1v) is 7.27. The lowest BCUT2D eigenvalue weighted by Gasteiger charge is -2.20. The lowest BCUT2D eigenvalue weighted by molar-refractivity contribution is -0.142. The molecule has 0 amide bonds. The SMILES string of the molecule is COC(=O)[C@@H]1[C@@H](c2ccccc2)[C@@]1(C)C1=NCC(C)(C)O1. The molecule has 1 heterocycles. The zero-order chi connectivity index (χ0) is 15.3. The van der Waals surface area contributed by atoms with Crippen LogP contribution >= 0.6 is 0 Å². The molecule has 1 aromatic carbocycles. The molecule has 1 aromatic rings. The largest absolute Gasteiger partial charge is 0.473 e. The second-order valence-corrected chi connectivity index (χ2v) is 6.66. The van der Waals surface area contributed by atoms with Crippen molar-refractivity contribution in [1.82, 2.24) is 0 Å². The van der Waals surface area contributed by atoms with Gasteiger partial charge in [0.05, 0.1) is 25.0 Å². The molecule has 1 saturated carbocycles. The predicted octanol–water partition coefficient (Wildman–Crippen LogP) is 2.79. The van der Waals surface area contributed by atoms with Crippen LogP contribution < -0.4 is 0 Å². The smallest absolute Gasteiger partial charge is 0.310 e. The van der Waals surface area contributed by atoms with Crippen molar-refractivity contribution in [3.8, 4) is 0 Å². The lowest BCUT2D eigenvalue weighted by Crippen LogP contribution is -2.28. The topological polar surface area (TPSA) is 47.9 Å². The summed E-state index contributed by atoms with van der Waals surface area (Å²) in [6, 6.07) is 10.1. The van der Waals surface area contributed by atoms with Gasteiger partial charge in [-0.3, -0.25) is 9.79 Å². The molecule has 2 aliphatic rings. The number of carbonyl (C=O) groups is 1. The van der Waals surface area contributed by atoms with Gasteiger partial charge >= 0.3 is 5.97 Å². The molecule has 0 saturated heterocycles. The second kappa shape index (κ2) is 4.58. The third-order valence-corrected chi connectivity index (χ3v) is 4.57. The van der Waals surface area contributed by atoms with Crippen LogP contribution in [-0.4, -0.2) is 31.1 Å². The Hall–Kier alpha value is -1.84. The molecule has 1 aliphatic heterocycles. The zero-order valence-electron chi connectivity index (χ0n) is 12.9. The molecular weight excluding hydrogens is 266 g/mol. The first-order chi connectivity index (χ1) is 9.90. The molecule has 0 aromatic heterocycles. The fourth-order valence-corrected chi connectivity index (χ4v) is 3.35.